The molecule has 26 heavy (non-hydrogen) atoms. The molecule has 0 fully saturated rings. The predicted molar refractivity (Wildman–Crippen MR) is 105 cm³/mol. The zero-order valence-electron chi connectivity index (χ0n) is 15.4. The van der Waals surface area contributed by atoms with Gasteiger partial charge in [-0.25, -0.2) is 0 Å². The molecule has 0 bridgehead atoms. The normalized spacial score (nSPS) is 12.1. The SMILES string of the molecule is CCCCn1c(C(C)(C)C)cc(N=NC(=O)c2cccc(Cl)c2Cl)c1O. The summed E-state index contributed by atoms with van der Waals surface area (Å²) in [6, 6.07) is 6.50. The monoisotopic (exact) mass is 395 g/mol. The Morgan fingerprint density at radius 1 is 1.27 bits per heavy atom. The van der Waals surface area contributed by atoms with Crippen LogP contribution < -0.4 is 0 Å². The van der Waals surface area contributed by atoms with E-state index in [4.69, 9.17) is 23.2 Å². The van der Waals surface area contributed by atoms with E-state index in [9.17, 15) is 9.90 Å². The summed E-state index contributed by atoms with van der Waals surface area (Å²) < 4.78 is 1.83. The first-order valence-corrected chi connectivity index (χ1v) is 9.25. The van der Waals surface area contributed by atoms with E-state index < -0.39 is 5.91 Å². The van der Waals surface area contributed by atoms with Crippen LogP contribution in [-0.2, 0) is 12.0 Å². The van der Waals surface area contributed by atoms with Gasteiger partial charge in [-0.1, -0.05) is 63.4 Å². The number of aromatic hydroxyl groups is 1. The fourth-order valence-corrected chi connectivity index (χ4v) is 2.97. The lowest BCUT2D eigenvalue weighted by molar-refractivity contribution is 0.0995. The third-order valence-corrected chi connectivity index (χ3v) is 4.80. The Hall–Kier alpha value is -1.85. The van der Waals surface area contributed by atoms with Crippen LogP contribution in [0.15, 0.2) is 34.5 Å². The minimum absolute atomic E-state index is 0.0112. The molecule has 1 amide bonds. The zero-order valence-corrected chi connectivity index (χ0v) is 16.9. The highest BCUT2D eigenvalue weighted by Gasteiger charge is 2.24. The van der Waals surface area contributed by atoms with Gasteiger partial charge in [-0.05, 0) is 24.6 Å². The topological polar surface area (TPSA) is 67.0 Å². The summed E-state index contributed by atoms with van der Waals surface area (Å²) in [6.45, 7) is 8.94. The second kappa shape index (κ2) is 8.23. The van der Waals surface area contributed by atoms with E-state index >= 15 is 0 Å². The molecule has 2 rings (SSSR count). The van der Waals surface area contributed by atoms with Gasteiger partial charge in [0.25, 0.3) is 5.91 Å². The van der Waals surface area contributed by atoms with Crippen molar-refractivity contribution in [3.8, 4) is 5.88 Å². The van der Waals surface area contributed by atoms with Gasteiger partial charge in [0.1, 0.15) is 5.69 Å². The highest BCUT2D eigenvalue weighted by molar-refractivity contribution is 6.43. The Morgan fingerprint density at radius 3 is 2.58 bits per heavy atom. The number of benzene rings is 1. The number of hydrogen-bond acceptors (Lipinski definition) is 3. The van der Waals surface area contributed by atoms with Gasteiger partial charge in [-0.2, -0.15) is 0 Å². The van der Waals surface area contributed by atoms with Crippen molar-refractivity contribution in [2.75, 3.05) is 0 Å². The van der Waals surface area contributed by atoms with Crippen LogP contribution in [0.5, 0.6) is 5.88 Å². The summed E-state index contributed by atoms with van der Waals surface area (Å²) in [5, 5.41) is 18.6. The number of amides is 1. The summed E-state index contributed by atoms with van der Waals surface area (Å²) >= 11 is 12.0. The second-order valence-corrected chi connectivity index (χ2v) is 7.89. The summed E-state index contributed by atoms with van der Waals surface area (Å²) in [4.78, 5) is 12.3. The fourth-order valence-electron chi connectivity index (χ4n) is 2.58. The van der Waals surface area contributed by atoms with Gasteiger partial charge in [0.2, 0.25) is 5.88 Å². The third kappa shape index (κ3) is 4.46. The summed E-state index contributed by atoms with van der Waals surface area (Å²) in [7, 11) is 0. The smallest absolute Gasteiger partial charge is 0.296 e. The van der Waals surface area contributed by atoms with Crippen LogP contribution in [0.25, 0.3) is 0 Å². The van der Waals surface area contributed by atoms with Crippen molar-refractivity contribution >= 4 is 34.8 Å². The Balaban J connectivity index is 2.37. The number of halogens is 2. The summed E-state index contributed by atoms with van der Waals surface area (Å²) in [6.07, 6.45) is 1.93. The van der Waals surface area contributed by atoms with E-state index in [-0.39, 0.29) is 32.6 Å². The van der Waals surface area contributed by atoms with Crippen molar-refractivity contribution in [1.29, 1.82) is 0 Å². The number of nitrogens with zero attached hydrogens (tertiary/aromatic N) is 3. The summed E-state index contributed by atoms with van der Waals surface area (Å²) in [5.41, 5.74) is 1.19. The molecule has 0 atom stereocenters. The van der Waals surface area contributed by atoms with Crippen LogP contribution in [0, 0.1) is 0 Å². The maximum absolute atomic E-state index is 12.3. The molecule has 0 radical (unpaired) electrons. The Morgan fingerprint density at radius 2 is 1.96 bits per heavy atom. The van der Waals surface area contributed by atoms with Gasteiger partial charge >= 0.3 is 0 Å². The second-order valence-electron chi connectivity index (χ2n) is 7.10. The number of carbonyl (C=O) groups excluding carboxylic acids is 1. The van der Waals surface area contributed by atoms with E-state index in [1.807, 2.05) is 4.57 Å². The molecule has 0 aliphatic carbocycles. The van der Waals surface area contributed by atoms with Gasteiger partial charge in [-0.15, -0.1) is 10.2 Å². The van der Waals surface area contributed by atoms with E-state index in [2.05, 4.69) is 37.9 Å². The standard InChI is InChI=1S/C19H23Cl2N3O2/c1-5-6-10-24-15(19(2,3)4)11-14(18(24)26)22-23-17(25)12-8-7-9-13(20)16(12)21/h7-9,11,26H,5-6,10H2,1-4H3. The molecule has 0 aliphatic rings. The van der Waals surface area contributed by atoms with Crippen LogP contribution in [-0.4, -0.2) is 15.6 Å². The lowest BCUT2D eigenvalue weighted by atomic mass is 9.92. The molecule has 1 aromatic carbocycles. The number of rotatable bonds is 5. The van der Waals surface area contributed by atoms with Crippen molar-refractivity contribution < 1.29 is 9.90 Å². The summed E-state index contributed by atoms with van der Waals surface area (Å²) in [5.74, 6) is -0.604. The molecule has 1 heterocycles. The molecule has 0 saturated heterocycles. The molecular formula is C19H23Cl2N3O2. The number of hydrogen-bond donors (Lipinski definition) is 1. The first-order valence-electron chi connectivity index (χ1n) is 8.49. The maximum atomic E-state index is 12.3. The van der Waals surface area contributed by atoms with Crippen molar-refractivity contribution in [2.24, 2.45) is 10.2 Å². The first kappa shape index (κ1) is 20.5. The van der Waals surface area contributed by atoms with Crippen LogP contribution in [0.3, 0.4) is 0 Å². The Kier molecular flexibility index (Phi) is 6.48. The number of unbranched alkanes of at least 4 members (excludes halogenated alkanes) is 1. The molecule has 140 valence electrons. The molecule has 1 aromatic heterocycles. The number of azo groups is 1. The highest BCUT2D eigenvalue weighted by Crippen LogP contribution is 2.37. The molecule has 0 unspecified atom stereocenters. The van der Waals surface area contributed by atoms with Gasteiger partial charge in [-0.3, -0.25) is 4.79 Å². The van der Waals surface area contributed by atoms with Crippen molar-refractivity contribution in [3.05, 3.63) is 45.6 Å². The van der Waals surface area contributed by atoms with Gasteiger partial charge < -0.3 is 9.67 Å². The third-order valence-electron chi connectivity index (χ3n) is 3.98. The molecule has 2 aromatic rings. The molecule has 5 nitrogen and oxygen atoms in total. The zero-order chi connectivity index (χ0) is 19.5. The van der Waals surface area contributed by atoms with Gasteiger partial charge in [0.15, 0.2) is 0 Å². The number of carbonyl (C=O) groups is 1. The highest BCUT2D eigenvalue weighted by atomic mass is 35.5. The van der Waals surface area contributed by atoms with E-state index in [0.717, 1.165) is 18.5 Å². The lowest BCUT2D eigenvalue weighted by Gasteiger charge is -2.21. The van der Waals surface area contributed by atoms with E-state index in [1.165, 1.54) is 6.07 Å². The molecular weight excluding hydrogens is 373 g/mol. The molecule has 0 aliphatic heterocycles. The average Bonchev–Trinajstić information content (AvgIpc) is 2.89. The van der Waals surface area contributed by atoms with Crippen molar-refractivity contribution in [1.82, 2.24) is 4.57 Å². The minimum Gasteiger partial charge on any atom is -0.493 e. The Labute approximate surface area is 163 Å². The minimum atomic E-state index is -0.615. The molecule has 1 N–H and O–H groups in total. The first-order chi connectivity index (χ1) is 12.2. The van der Waals surface area contributed by atoms with Gasteiger partial charge in [0.05, 0.1) is 15.6 Å². The van der Waals surface area contributed by atoms with Gasteiger partial charge in [0, 0.05) is 17.7 Å². The van der Waals surface area contributed by atoms with Crippen LogP contribution in [0.1, 0.15) is 56.6 Å². The average molecular weight is 396 g/mol. The van der Waals surface area contributed by atoms with Crippen LogP contribution in [0.2, 0.25) is 10.0 Å². The van der Waals surface area contributed by atoms with E-state index in [1.54, 1.807) is 18.2 Å². The van der Waals surface area contributed by atoms with Crippen LogP contribution >= 0.6 is 23.2 Å². The molecule has 0 saturated carbocycles. The van der Waals surface area contributed by atoms with E-state index in [0.29, 0.717) is 6.54 Å². The molecule has 0 spiro atoms. The predicted octanol–water partition coefficient (Wildman–Crippen LogP) is 6.52. The van der Waals surface area contributed by atoms with Crippen molar-refractivity contribution in [3.63, 3.8) is 0 Å². The quantitative estimate of drug-likeness (QED) is 0.585. The largest absolute Gasteiger partial charge is 0.493 e. The van der Waals surface area contributed by atoms with Crippen molar-refractivity contribution in [2.45, 2.75) is 52.5 Å². The lowest BCUT2D eigenvalue weighted by Crippen LogP contribution is -2.17. The Bertz CT molecular complexity index is 836. The van der Waals surface area contributed by atoms with Crippen LogP contribution in [0.4, 0.5) is 5.69 Å². The maximum Gasteiger partial charge on any atom is 0.296 e. The fraction of sp³-hybridized carbons (Fsp3) is 0.421. The molecule has 7 heteroatoms. The number of aromatic nitrogens is 1.